The molecule has 130 valence electrons. The Morgan fingerprint density at radius 1 is 1.00 bits per heavy atom. The van der Waals surface area contributed by atoms with E-state index in [1.165, 1.54) is 18.3 Å². The lowest BCUT2D eigenvalue weighted by Gasteiger charge is -2.19. The van der Waals surface area contributed by atoms with Crippen molar-refractivity contribution < 1.29 is 38.9 Å². The van der Waals surface area contributed by atoms with Gasteiger partial charge in [-0.15, -0.1) is 0 Å². The average molecular weight is 341 g/mol. The van der Waals surface area contributed by atoms with Gasteiger partial charge < -0.3 is 31.2 Å². The van der Waals surface area contributed by atoms with Crippen molar-refractivity contribution in [3.05, 3.63) is 29.6 Å². The maximum absolute atomic E-state index is 11.4. The zero-order valence-corrected chi connectivity index (χ0v) is 12.2. The third-order valence-electron chi connectivity index (χ3n) is 2.64. The van der Waals surface area contributed by atoms with Crippen LogP contribution in [0.5, 0.6) is 0 Å². The fourth-order valence-corrected chi connectivity index (χ4v) is 1.76. The molecule has 6 N–H and O–H groups in total. The number of ether oxygens (including phenoxy) is 2. The van der Waals surface area contributed by atoms with Crippen molar-refractivity contribution in [3.8, 4) is 0 Å². The van der Waals surface area contributed by atoms with Crippen LogP contribution in [0.1, 0.15) is 23.5 Å². The lowest BCUT2D eigenvalue weighted by Crippen LogP contribution is -2.28. The number of hydrogen-bond acceptors (Lipinski definition) is 7. The molecule has 2 atom stereocenters. The molecule has 1 heterocycles. The number of rotatable bonds is 10. The van der Waals surface area contributed by atoms with Gasteiger partial charge in [-0.25, -0.2) is 9.59 Å². The largest absolute Gasteiger partial charge is 0.479 e. The Morgan fingerprint density at radius 2 is 1.50 bits per heavy atom. The number of pyridine rings is 1. The van der Waals surface area contributed by atoms with Crippen LogP contribution in [0, 0.1) is 0 Å². The minimum absolute atomic E-state index is 0.164. The molecule has 0 bridgehead atoms. The van der Waals surface area contributed by atoms with Crippen molar-refractivity contribution in [2.45, 2.75) is 12.2 Å². The van der Waals surface area contributed by atoms with E-state index in [-0.39, 0.29) is 11.3 Å². The maximum atomic E-state index is 11.4. The highest BCUT2D eigenvalue weighted by molar-refractivity contribution is 5.80. The number of aromatic nitrogens is 1. The minimum atomic E-state index is -1.76. The Morgan fingerprint density at radius 3 is 1.96 bits per heavy atom. The summed E-state index contributed by atoms with van der Waals surface area (Å²) >= 11 is 0. The summed E-state index contributed by atoms with van der Waals surface area (Å²) in [5.41, 5.74) is 9.34. The molecule has 24 heavy (non-hydrogen) atoms. The van der Waals surface area contributed by atoms with Gasteiger partial charge in [0.1, 0.15) is 13.2 Å². The summed E-state index contributed by atoms with van der Waals surface area (Å²) in [5.74, 6) is -4.84. The van der Waals surface area contributed by atoms with Gasteiger partial charge in [0.15, 0.2) is 12.2 Å². The third kappa shape index (κ3) is 5.30. The van der Waals surface area contributed by atoms with Crippen molar-refractivity contribution in [1.29, 1.82) is 0 Å². The molecular formula is C13H15N3O8. The number of carboxylic acids is 2. The van der Waals surface area contributed by atoms with Gasteiger partial charge >= 0.3 is 11.9 Å². The second-order valence-electron chi connectivity index (χ2n) is 4.47. The number of nitrogens with two attached hydrogens (primary N) is 2. The Bertz CT molecular complexity index is 593. The zero-order chi connectivity index (χ0) is 18.3. The van der Waals surface area contributed by atoms with Crippen LogP contribution in [0.2, 0.25) is 0 Å². The monoisotopic (exact) mass is 341 g/mol. The topological polar surface area (TPSA) is 192 Å². The standard InChI is InChI=1S/C13H15N3O8/c14-7(17)4-23-10(12(19)20)6-2-1-3-16-9(6)11(13(21)22)24-5-8(15)18/h1-3,10-11H,4-5H2,(H2,14,17)(H2,15,18)(H,19,20)(H,21,22). The number of aliphatic carboxylic acids is 2. The van der Waals surface area contributed by atoms with E-state index in [9.17, 15) is 29.4 Å². The lowest BCUT2D eigenvalue weighted by atomic mass is 10.0. The summed E-state index contributed by atoms with van der Waals surface area (Å²) < 4.78 is 9.76. The number of carboxylic acid groups (broad SMARTS) is 2. The van der Waals surface area contributed by atoms with Crippen molar-refractivity contribution in [1.82, 2.24) is 4.98 Å². The molecule has 1 rings (SSSR count). The van der Waals surface area contributed by atoms with Crippen LogP contribution in [0.4, 0.5) is 0 Å². The van der Waals surface area contributed by atoms with Gasteiger partial charge in [-0.3, -0.25) is 14.6 Å². The normalized spacial score (nSPS) is 13.0. The molecular weight excluding hydrogens is 326 g/mol. The Balaban J connectivity index is 3.23. The first-order chi connectivity index (χ1) is 11.2. The van der Waals surface area contributed by atoms with E-state index in [0.29, 0.717) is 0 Å². The van der Waals surface area contributed by atoms with Crippen LogP contribution in [-0.4, -0.2) is 52.2 Å². The molecule has 1 aromatic heterocycles. The number of primary amides is 2. The van der Waals surface area contributed by atoms with E-state index in [2.05, 4.69) is 4.98 Å². The fourth-order valence-electron chi connectivity index (χ4n) is 1.76. The van der Waals surface area contributed by atoms with Gasteiger partial charge in [0.05, 0.1) is 5.69 Å². The molecule has 0 saturated carbocycles. The molecule has 0 aliphatic heterocycles. The number of amides is 2. The van der Waals surface area contributed by atoms with Gasteiger partial charge in [0, 0.05) is 11.8 Å². The fraction of sp³-hybridized carbons (Fsp3) is 0.308. The summed E-state index contributed by atoms with van der Waals surface area (Å²) in [6.07, 6.45) is -2.26. The molecule has 11 nitrogen and oxygen atoms in total. The summed E-state index contributed by atoms with van der Waals surface area (Å²) in [6, 6.07) is 2.58. The highest BCUT2D eigenvalue weighted by atomic mass is 16.5. The Labute approximate surface area is 135 Å². The second-order valence-corrected chi connectivity index (χ2v) is 4.47. The van der Waals surface area contributed by atoms with Gasteiger partial charge in [0.2, 0.25) is 11.8 Å². The van der Waals surface area contributed by atoms with E-state index >= 15 is 0 Å². The highest BCUT2D eigenvalue weighted by Crippen LogP contribution is 2.27. The number of carbonyl (C=O) groups is 4. The van der Waals surface area contributed by atoms with Gasteiger partial charge in [-0.1, -0.05) is 6.07 Å². The van der Waals surface area contributed by atoms with E-state index in [1.807, 2.05) is 0 Å². The van der Waals surface area contributed by atoms with Crippen molar-refractivity contribution in [2.75, 3.05) is 13.2 Å². The zero-order valence-electron chi connectivity index (χ0n) is 12.2. The molecule has 0 aliphatic carbocycles. The molecule has 2 unspecified atom stereocenters. The third-order valence-corrected chi connectivity index (χ3v) is 2.64. The van der Waals surface area contributed by atoms with E-state index in [1.54, 1.807) is 0 Å². The first-order valence-corrected chi connectivity index (χ1v) is 6.44. The smallest absolute Gasteiger partial charge is 0.339 e. The summed E-state index contributed by atoms with van der Waals surface area (Å²) in [6.45, 7) is -1.42. The second kappa shape index (κ2) is 8.55. The Kier molecular flexibility index (Phi) is 6.77. The molecule has 0 saturated heterocycles. The first-order valence-electron chi connectivity index (χ1n) is 6.44. The van der Waals surface area contributed by atoms with Crippen LogP contribution in [-0.2, 0) is 28.7 Å². The molecule has 0 radical (unpaired) electrons. The minimum Gasteiger partial charge on any atom is -0.479 e. The molecule has 1 aromatic rings. The van der Waals surface area contributed by atoms with Crippen LogP contribution in [0.15, 0.2) is 18.3 Å². The number of carbonyl (C=O) groups excluding carboxylic acids is 2. The molecule has 0 spiro atoms. The van der Waals surface area contributed by atoms with Crippen molar-refractivity contribution in [3.63, 3.8) is 0 Å². The van der Waals surface area contributed by atoms with Crippen molar-refractivity contribution in [2.24, 2.45) is 11.5 Å². The molecule has 0 aromatic carbocycles. The van der Waals surface area contributed by atoms with E-state index in [4.69, 9.17) is 20.9 Å². The molecule has 0 fully saturated rings. The quantitative estimate of drug-likeness (QED) is 0.385. The Hall–Kier alpha value is -3.05. The maximum Gasteiger partial charge on any atom is 0.339 e. The van der Waals surface area contributed by atoms with Crippen LogP contribution >= 0.6 is 0 Å². The predicted molar refractivity (Wildman–Crippen MR) is 75.3 cm³/mol. The van der Waals surface area contributed by atoms with Gasteiger partial charge in [-0.2, -0.15) is 0 Å². The molecule has 0 aliphatic rings. The number of nitrogens with zero attached hydrogens (tertiary/aromatic N) is 1. The SMILES string of the molecule is NC(=O)COC(C(=O)O)c1cccnc1C(OCC(N)=O)C(=O)O. The van der Waals surface area contributed by atoms with E-state index in [0.717, 1.165) is 0 Å². The van der Waals surface area contributed by atoms with Gasteiger partial charge in [0.25, 0.3) is 0 Å². The predicted octanol–water partition coefficient (Wildman–Crippen LogP) is -1.66. The first kappa shape index (κ1) is 19.0. The molecule has 2 amide bonds. The summed E-state index contributed by atoms with van der Waals surface area (Å²) in [5, 5.41) is 18.5. The van der Waals surface area contributed by atoms with Crippen LogP contribution in [0.25, 0.3) is 0 Å². The van der Waals surface area contributed by atoms with Crippen LogP contribution in [0.3, 0.4) is 0 Å². The van der Waals surface area contributed by atoms with E-state index < -0.39 is 49.2 Å². The van der Waals surface area contributed by atoms with Crippen molar-refractivity contribution >= 4 is 23.8 Å². The lowest BCUT2D eigenvalue weighted by molar-refractivity contribution is -0.155. The summed E-state index contributed by atoms with van der Waals surface area (Å²) in [4.78, 5) is 48.0. The van der Waals surface area contributed by atoms with Crippen LogP contribution < -0.4 is 11.5 Å². The summed E-state index contributed by atoms with van der Waals surface area (Å²) in [7, 11) is 0. The molecule has 11 heteroatoms. The average Bonchev–Trinajstić information content (AvgIpc) is 2.47. The number of hydrogen-bond donors (Lipinski definition) is 4. The van der Waals surface area contributed by atoms with Gasteiger partial charge in [-0.05, 0) is 6.07 Å². The highest BCUT2D eigenvalue weighted by Gasteiger charge is 2.32.